The van der Waals surface area contributed by atoms with E-state index in [9.17, 15) is 4.79 Å². The summed E-state index contributed by atoms with van der Waals surface area (Å²) in [5.41, 5.74) is 0.526. The number of hydrogen-bond donors (Lipinski definition) is 2. The summed E-state index contributed by atoms with van der Waals surface area (Å²) < 4.78 is 11.3. The van der Waals surface area contributed by atoms with Crippen molar-refractivity contribution in [3.63, 3.8) is 0 Å². The smallest absolute Gasteiger partial charge is 0.240 e. The fourth-order valence-corrected chi connectivity index (χ4v) is 3.38. The third-order valence-corrected chi connectivity index (χ3v) is 5.07. The van der Waals surface area contributed by atoms with E-state index in [-0.39, 0.29) is 19.1 Å². The minimum absolute atomic E-state index is 0.0235. The van der Waals surface area contributed by atoms with Crippen LogP contribution in [0, 0.1) is 0 Å². The molecule has 1 fully saturated rings. The van der Waals surface area contributed by atoms with Gasteiger partial charge < -0.3 is 24.8 Å². The molecule has 0 saturated carbocycles. The average molecular weight is 380 g/mol. The van der Waals surface area contributed by atoms with E-state index in [0.717, 1.165) is 37.2 Å². The number of rotatable bonds is 10. The van der Waals surface area contributed by atoms with Gasteiger partial charge in [0.2, 0.25) is 5.91 Å². The number of amides is 1. The van der Waals surface area contributed by atoms with Gasteiger partial charge >= 0.3 is 0 Å². The van der Waals surface area contributed by atoms with Crippen molar-refractivity contribution >= 4 is 5.91 Å². The van der Waals surface area contributed by atoms with Crippen LogP contribution in [0.25, 0.3) is 0 Å². The van der Waals surface area contributed by atoms with Crippen LogP contribution in [0.15, 0.2) is 18.2 Å². The van der Waals surface area contributed by atoms with E-state index >= 15 is 0 Å². The predicted octanol–water partition coefficient (Wildman–Crippen LogP) is 1.10. The van der Waals surface area contributed by atoms with Crippen LogP contribution in [0.2, 0.25) is 0 Å². The standard InChI is InChI=1S/C20H33N3O4/c1-20(19(25)21-9-12-24)8-5-10-23(20)15-16-6-7-17(18(14-16)26-4)27-13-11-22(2)3/h6-7,14,24H,5,8-13,15H2,1-4H3,(H,21,25)/t20-/m1/s1. The van der Waals surface area contributed by atoms with Gasteiger partial charge in [0.05, 0.1) is 19.3 Å². The van der Waals surface area contributed by atoms with E-state index in [1.54, 1.807) is 7.11 Å². The number of methoxy groups -OCH3 is 1. The molecule has 0 aliphatic carbocycles. The predicted molar refractivity (Wildman–Crippen MR) is 105 cm³/mol. The van der Waals surface area contributed by atoms with Gasteiger partial charge in [-0.2, -0.15) is 0 Å². The Morgan fingerprint density at radius 2 is 2.15 bits per heavy atom. The summed E-state index contributed by atoms with van der Waals surface area (Å²) >= 11 is 0. The number of benzene rings is 1. The van der Waals surface area contributed by atoms with Gasteiger partial charge in [-0.15, -0.1) is 0 Å². The summed E-state index contributed by atoms with van der Waals surface area (Å²) in [4.78, 5) is 16.8. The molecule has 7 nitrogen and oxygen atoms in total. The molecule has 0 radical (unpaired) electrons. The number of aliphatic hydroxyl groups is 1. The lowest BCUT2D eigenvalue weighted by Crippen LogP contribution is -2.53. The molecule has 1 aliphatic rings. The first-order chi connectivity index (χ1) is 12.9. The van der Waals surface area contributed by atoms with Gasteiger partial charge in [0.25, 0.3) is 0 Å². The Balaban J connectivity index is 2.06. The van der Waals surface area contributed by atoms with Gasteiger partial charge in [0.1, 0.15) is 6.61 Å². The van der Waals surface area contributed by atoms with Crippen molar-refractivity contribution in [3.8, 4) is 11.5 Å². The molecule has 27 heavy (non-hydrogen) atoms. The Morgan fingerprint density at radius 3 is 2.81 bits per heavy atom. The van der Waals surface area contributed by atoms with Crippen LogP contribution in [0.4, 0.5) is 0 Å². The van der Waals surface area contributed by atoms with Crippen LogP contribution in [0.3, 0.4) is 0 Å². The molecule has 2 rings (SSSR count). The summed E-state index contributed by atoms with van der Waals surface area (Å²) in [7, 11) is 5.65. The van der Waals surface area contributed by atoms with Gasteiger partial charge in [-0.25, -0.2) is 0 Å². The van der Waals surface area contributed by atoms with E-state index in [1.165, 1.54) is 0 Å². The summed E-state index contributed by atoms with van der Waals surface area (Å²) in [5.74, 6) is 1.41. The number of likely N-dealkylation sites (tertiary alicyclic amines) is 1. The summed E-state index contributed by atoms with van der Waals surface area (Å²) in [5, 5.41) is 11.8. The molecule has 0 unspecified atom stereocenters. The molecule has 1 atom stereocenters. The van der Waals surface area contributed by atoms with Gasteiger partial charge in [0, 0.05) is 19.6 Å². The van der Waals surface area contributed by atoms with E-state index in [2.05, 4.69) is 15.1 Å². The zero-order chi connectivity index (χ0) is 19.9. The van der Waals surface area contributed by atoms with Crippen molar-refractivity contribution in [1.29, 1.82) is 0 Å². The van der Waals surface area contributed by atoms with Crippen molar-refractivity contribution in [2.45, 2.75) is 31.8 Å². The molecule has 0 aromatic heterocycles. The maximum absolute atomic E-state index is 12.6. The zero-order valence-corrected chi connectivity index (χ0v) is 17.0. The Kier molecular flexibility index (Phi) is 7.89. The van der Waals surface area contributed by atoms with Crippen molar-refractivity contribution in [1.82, 2.24) is 15.1 Å². The summed E-state index contributed by atoms with van der Waals surface area (Å²) in [6, 6.07) is 5.94. The number of hydrogen-bond acceptors (Lipinski definition) is 6. The highest BCUT2D eigenvalue weighted by molar-refractivity contribution is 5.86. The third-order valence-electron chi connectivity index (χ3n) is 5.07. The number of nitrogens with one attached hydrogen (secondary N) is 1. The second-order valence-corrected chi connectivity index (χ2v) is 7.42. The van der Waals surface area contributed by atoms with Gasteiger partial charge in [0.15, 0.2) is 11.5 Å². The van der Waals surface area contributed by atoms with Gasteiger partial charge in [-0.1, -0.05) is 6.07 Å². The highest BCUT2D eigenvalue weighted by Gasteiger charge is 2.42. The highest BCUT2D eigenvalue weighted by Crippen LogP contribution is 2.33. The lowest BCUT2D eigenvalue weighted by atomic mass is 9.97. The monoisotopic (exact) mass is 379 g/mol. The molecule has 1 aromatic carbocycles. The molecule has 2 N–H and O–H groups in total. The van der Waals surface area contributed by atoms with Crippen molar-refractivity contribution in [3.05, 3.63) is 23.8 Å². The van der Waals surface area contributed by atoms with E-state index < -0.39 is 5.54 Å². The summed E-state index contributed by atoms with van der Waals surface area (Å²) in [6.45, 7) is 5.17. The normalized spacial score (nSPS) is 20.1. The van der Waals surface area contributed by atoms with E-state index in [1.807, 2.05) is 39.2 Å². The van der Waals surface area contributed by atoms with Gasteiger partial charge in [-0.05, 0) is 58.1 Å². The molecule has 1 amide bonds. The Morgan fingerprint density at radius 1 is 1.37 bits per heavy atom. The fourth-order valence-electron chi connectivity index (χ4n) is 3.38. The lowest BCUT2D eigenvalue weighted by molar-refractivity contribution is -0.131. The molecule has 0 spiro atoms. The minimum atomic E-state index is -0.552. The lowest BCUT2D eigenvalue weighted by Gasteiger charge is -2.34. The number of carbonyl (C=O) groups is 1. The first-order valence-electron chi connectivity index (χ1n) is 9.49. The molecular formula is C20H33N3O4. The number of aliphatic hydroxyl groups excluding tert-OH is 1. The molecule has 7 heteroatoms. The SMILES string of the molecule is COc1cc(CN2CCC[C@]2(C)C(=O)NCCO)ccc1OCCN(C)C. The van der Waals surface area contributed by atoms with Crippen LogP contribution in [-0.4, -0.2) is 80.4 Å². The van der Waals surface area contributed by atoms with Crippen molar-refractivity contribution in [2.24, 2.45) is 0 Å². The number of likely N-dealkylation sites (N-methyl/N-ethyl adjacent to an activating group) is 1. The second-order valence-electron chi connectivity index (χ2n) is 7.42. The van der Waals surface area contributed by atoms with E-state index in [4.69, 9.17) is 14.6 Å². The number of ether oxygens (including phenoxy) is 2. The molecule has 152 valence electrons. The van der Waals surface area contributed by atoms with Gasteiger partial charge in [-0.3, -0.25) is 9.69 Å². The minimum Gasteiger partial charge on any atom is -0.493 e. The molecule has 1 heterocycles. The largest absolute Gasteiger partial charge is 0.493 e. The first kappa shape index (κ1) is 21.5. The van der Waals surface area contributed by atoms with Crippen LogP contribution in [0.5, 0.6) is 11.5 Å². The van der Waals surface area contributed by atoms with Crippen molar-refractivity contribution < 1.29 is 19.4 Å². The van der Waals surface area contributed by atoms with Crippen LogP contribution < -0.4 is 14.8 Å². The van der Waals surface area contributed by atoms with Crippen LogP contribution in [-0.2, 0) is 11.3 Å². The third kappa shape index (κ3) is 5.57. The highest BCUT2D eigenvalue weighted by atomic mass is 16.5. The topological polar surface area (TPSA) is 74.3 Å². The zero-order valence-electron chi connectivity index (χ0n) is 17.0. The number of nitrogens with zero attached hydrogens (tertiary/aromatic N) is 2. The Bertz CT molecular complexity index is 623. The molecule has 1 aliphatic heterocycles. The number of carbonyl (C=O) groups excluding carboxylic acids is 1. The maximum Gasteiger partial charge on any atom is 0.240 e. The molecule has 1 aromatic rings. The average Bonchev–Trinajstić information content (AvgIpc) is 3.02. The summed E-state index contributed by atoms with van der Waals surface area (Å²) in [6.07, 6.45) is 1.79. The van der Waals surface area contributed by atoms with Crippen molar-refractivity contribution in [2.75, 3.05) is 54.1 Å². The maximum atomic E-state index is 12.6. The Hall–Kier alpha value is -1.83. The molecular weight excluding hydrogens is 346 g/mol. The first-order valence-corrected chi connectivity index (χ1v) is 9.49. The Labute approximate surface area is 162 Å². The van der Waals surface area contributed by atoms with Crippen LogP contribution >= 0.6 is 0 Å². The second kappa shape index (κ2) is 9.92. The molecule has 1 saturated heterocycles. The molecule has 0 bridgehead atoms. The van der Waals surface area contributed by atoms with Crippen LogP contribution in [0.1, 0.15) is 25.3 Å². The van der Waals surface area contributed by atoms with E-state index in [0.29, 0.717) is 18.9 Å². The fraction of sp³-hybridized carbons (Fsp3) is 0.650. The quantitative estimate of drug-likeness (QED) is 0.634.